The molecule has 1 N–H and O–H groups in total. The highest BCUT2D eigenvalue weighted by molar-refractivity contribution is 5.79. The smallest absolute Gasteiger partial charge is 0.223 e. The zero-order chi connectivity index (χ0) is 14.1. The Bertz CT molecular complexity index is 500. The monoisotopic (exact) mass is 273 g/mol. The number of hydrogen-bond acceptors (Lipinski definition) is 3. The Morgan fingerprint density at radius 2 is 2.25 bits per heavy atom. The topological polar surface area (TPSA) is 45.2 Å². The van der Waals surface area contributed by atoms with Gasteiger partial charge in [0.15, 0.2) is 0 Å². The van der Waals surface area contributed by atoms with E-state index in [0.717, 1.165) is 23.7 Å². The molecule has 0 saturated heterocycles. The van der Waals surface area contributed by atoms with E-state index < -0.39 is 0 Å². The van der Waals surface area contributed by atoms with Crippen LogP contribution in [-0.2, 0) is 11.3 Å². The summed E-state index contributed by atoms with van der Waals surface area (Å²) in [5.41, 5.74) is 1.11. The fourth-order valence-corrected chi connectivity index (χ4v) is 3.70. The molecule has 108 valence electrons. The van der Waals surface area contributed by atoms with Gasteiger partial charge >= 0.3 is 0 Å². The molecular formula is C16H23N3O. The predicted molar refractivity (Wildman–Crippen MR) is 79.3 cm³/mol. The van der Waals surface area contributed by atoms with Gasteiger partial charge in [0.2, 0.25) is 5.91 Å². The molecule has 1 amide bonds. The number of anilines is 1. The molecule has 0 radical (unpaired) electrons. The minimum Gasteiger partial charge on any atom is -0.363 e. The third-order valence-corrected chi connectivity index (χ3v) is 4.81. The molecule has 1 aromatic rings. The number of carbonyl (C=O) groups is 1. The number of nitrogens with zero attached hydrogens (tertiary/aromatic N) is 2. The van der Waals surface area contributed by atoms with E-state index in [2.05, 4.69) is 10.3 Å². The zero-order valence-corrected chi connectivity index (χ0v) is 12.3. The Balaban J connectivity index is 1.56. The van der Waals surface area contributed by atoms with Crippen molar-refractivity contribution in [1.29, 1.82) is 0 Å². The lowest BCUT2D eigenvalue weighted by Crippen LogP contribution is -2.33. The van der Waals surface area contributed by atoms with Gasteiger partial charge in [0.25, 0.3) is 0 Å². The second kappa shape index (κ2) is 5.43. The lowest BCUT2D eigenvalue weighted by Gasteiger charge is -2.21. The molecule has 3 atom stereocenters. The van der Waals surface area contributed by atoms with E-state index in [1.807, 2.05) is 31.1 Å². The van der Waals surface area contributed by atoms with Crippen molar-refractivity contribution >= 4 is 11.7 Å². The molecule has 2 aliphatic rings. The van der Waals surface area contributed by atoms with Crippen molar-refractivity contribution in [3.05, 3.63) is 23.9 Å². The highest BCUT2D eigenvalue weighted by Gasteiger charge is 2.42. The van der Waals surface area contributed by atoms with E-state index in [-0.39, 0.29) is 11.8 Å². The van der Waals surface area contributed by atoms with Crippen molar-refractivity contribution in [2.45, 2.75) is 32.2 Å². The van der Waals surface area contributed by atoms with Crippen molar-refractivity contribution in [2.75, 3.05) is 19.0 Å². The lowest BCUT2D eigenvalue weighted by molar-refractivity contribution is -0.126. The number of carbonyl (C=O) groups excluding carboxylic acids is 1. The van der Waals surface area contributed by atoms with Gasteiger partial charge in [-0.25, -0.2) is 4.98 Å². The minimum absolute atomic E-state index is 0.250. The molecule has 20 heavy (non-hydrogen) atoms. The van der Waals surface area contributed by atoms with Crippen LogP contribution < -0.4 is 10.2 Å². The van der Waals surface area contributed by atoms with Crippen LogP contribution in [0.2, 0.25) is 0 Å². The van der Waals surface area contributed by atoms with Gasteiger partial charge in [-0.2, -0.15) is 0 Å². The third kappa shape index (κ3) is 2.65. The summed E-state index contributed by atoms with van der Waals surface area (Å²) in [6, 6.07) is 4.00. The van der Waals surface area contributed by atoms with E-state index in [4.69, 9.17) is 0 Å². The maximum Gasteiger partial charge on any atom is 0.223 e. The number of hydrogen-bond donors (Lipinski definition) is 1. The normalized spacial score (nSPS) is 27.6. The SMILES string of the molecule is CN(C)c1cc(CNC(=O)[C@@H]2C[C@H]3CC[C@H]2C3)ccn1. The van der Waals surface area contributed by atoms with Crippen molar-refractivity contribution in [2.24, 2.45) is 17.8 Å². The molecule has 4 nitrogen and oxygen atoms in total. The summed E-state index contributed by atoms with van der Waals surface area (Å²) in [5.74, 6) is 2.91. The van der Waals surface area contributed by atoms with Gasteiger partial charge in [0, 0.05) is 32.8 Å². The van der Waals surface area contributed by atoms with Gasteiger partial charge in [-0.3, -0.25) is 4.79 Å². The van der Waals surface area contributed by atoms with Crippen LogP contribution in [0.3, 0.4) is 0 Å². The van der Waals surface area contributed by atoms with Crippen LogP contribution in [0.25, 0.3) is 0 Å². The Labute approximate surface area is 120 Å². The molecule has 0 aromatic carbocycles. The molecule has 2 fully saturated rings. The second-order valence-corrected chi connectivity index (χ2v) is 6.42. The van der Waals surface area contributed by atoms with Crippen molar-refractivity contribution < 1.29 is 4.79 Å². The number of amides is 1. The third-order valence-electron chi connectivity index (χ3n) is 4.81. The Morgan fingerprint density at radius 1 is 1.40 bits per heavy atom. The first-order chi connectivity index (χ1) is 9.63. The van der Waals surface area contributed by atoms with Crippen LogP contribution in [0.1, 0.15) is 31.2 Å². The molecule has 0 aliphatic heterocycles. The Hall–Kier alpha value is -1.58. The van der Waals surface area contributed by atoms with Crippen LogP contribution in [0, 0.1) is 17.8 Å². The summed E-state index contributed by atoms with van der Waals surface area (Å²) in [5, 5.41) is 3.11. The van der Waals surface area contributed by atoms with Crippen LogP contribution in [-0.4, -0.2) is 25.0 Å². The Kier molecular flexibility index (Phi) is 3.64. The van der Waals surface area contributed by atoms with E-state index >= 15 is 0 Å². The number of aromatic nitrogens is 1. The molecule has 0 unspecified atom stereocenters. The average molecular weight is 273 g/mol. The van der Waals surface area contributed by atoms with Gasteiger partial charge in [-0.15, -0.1) is 0 Å². The standard InChI is InChI=1S/C16H23N3O/c1-19(2)15-9-12(5-6-17-15)10-18-16(20)14-8-11-3-4-13(14)7-11/h5-6,9,11,13-14H,3-4,7-8,10H2,1-2H3,(H,18,20)/t11-,13-,14+/m0/s1. The number of rotatable bonds is 4. The molecule has 2 aliphatic carbocycles. The maximum absolute atomic E-state index is 12.3. The largest absolute Gasteiger partial charge is 0.363 e. The molecule has 1 aromatic heterocycles. The summed E-state index contributed by atoms with van der Waals surface area (Å²) in [7, 11) is 3.94. The fraction of sp³-hybridized carbons (Fsp3) is 0.625. The lowest BCUT2D eigenvalue weighted by atomic mass is 9.88. The summed E-state index contributed by atoms with van der Waals surface area (Å²) in [6.45, 7) is 0.607. The van der Waals surface area contributed by atoms with Crippen LogP contribution in [0.5, 0.6) is 0 Å². The average Bonchev–Trinajstić information content (AvgIpc) is 3.07. The summed E-state index contributed by atoms with van der Waals surface area (Å²) < 4.78 is 0. The van der Waals surface area contributed by atoms with Gasteiger partial charge in [-0.05, 0) is 48.8 Å². The second-order valence-electron chi connectivity index (χ2n) is 6.42. The number of pyridine rings is 1. The van der Waals surface area contributed by atoms with Gasteiger partial charge in [-0.1, -0.05) is 6.42 Å². The van der Waals surface area contributed by atoms with Crippen LogP contribution >= 0.6 is 0 Å². The summed E-state index contributed by atoms with van der Waals surface area (Å²) in [4.78, 5) is 18.6. The number of fused-ring (bicyclic) bond motifs is 2. The summed E-state index contributed by atoms with van der Waals surface area (Å²) in [6.07, 6.45) is 6.77. The van der Waals surface area contributed by atoms with Crippen molar-refractivity contribution in [3.63, 3.8) is 0 Å². The summed E-state index contributed by atoms with van der Waals surface area (Å²) >= 11 is 0. The first kappa shape index (κ1) is 13.4. The number of nitrogens with one attached hydrogen (secondary N) is 1. The predicted octanol–water partition coefficient (Wildman–Crippen LogP) is 2.20. The van der Waals surface area contributed by atoms with E-state index in [9.17, 15) is 4.79 Å². The first-order valence-electron chi connectivity index (χ1n) is 7.53. The molecule has 1 heterocycles. The van der Waals surface area contributed by atoms with E-state index in [1.165, 1.54) is 19.3 Å². The molecule has 3 rings (SSSR count). The maximum atomic E-state index is 12.3. The fourth-order valence-electron chi connectivity index (χ4n) is 3.70. The molecule has 4 heteroatoms. The van der Waals surface area contributed by atoms with Crippen molar-refractivity contribution in [3.8, 4) is 0 Å². The van der Waals surface area contributed by atoms with E-state index in [0.29, 0.717) is 12.5 Å². The highest BCUT2D eigenvalue weighted by Crippen LogP contribution is 2.48. The van der Waals surface area contributed by atoms with Gasteiger partial charge in [0.1, 0.15) is 5.82 Å². The first-order valence-corrected chi connectivity index (χ1v) is 7.53. The quantitative estimate of drug-likeness (QED) is 0.914. The van der Waals surface area contributed by atoms with Crippen LogP contribution in [0.4, 0.5) is 5.82 Å². The highest BCUT2D eigenvalue weighted by atomic mass is 16.1. The van der Waals surface area contributed by atoms with Gasteiger partial charge in [0.05, 0.1) is 0 Å². The molecule has 2 bridgehead atoms. The Morgan fingerprint density at radius 3 is 2.90 bits per heavy atom. The van der Waals surface area contributed by atoms with E-state index in [1.54, 1.807) is 6.20 Å². The minimum atomic E-state index is 0.250. The molecule has 2 saturated carbocycles. The van der Waals surface area contributed by atoms with Gasteiger partial charge < -0.3 is 10.2 Å². The molecular weight excluding hydrogens is 250 g/mol. The van der Waals surface area contributed by atoms with Crippen molar-refractivity contribution in [1.82, 2.24) is 10.3 Å². The zero-order valence-electron chi connectivity index (χ0n) is 12.3. The molecule has 0 spiro atoms. The van der Waals surface area contributed by atoms with Crippen LogP contribution in [0.15, 0.2) is 18.3 Å².